The molecule has 140 valence electrons. The number of carboxylic acids is 1. The number of nitrogens with zero attached hydrogens (tertiary/aromatic N) is 1. The molecule has 1 heterocycles. The maximum Gasteiger partial charge on any atom is 0.324 e. The van der Waals surface area contributed by atoms with E-state index in [1.165, 1.54) is 6.92 Å². The number of hydrogen-bond acceptors (Lipinski definition) is 6. The number of hydrogen-bond donors (Lipinski definition) is 4. The number of aliphatic carboxylic acids is 1. The minimum atomic E-state index is -1.29. The van der Waals surface area contributed by atoms with Crippen molar-refractivity contribution < 1.29 is 29.0 Å². The first-order valence-corrected chi connectivity index (χ1v) is 7.85. The normalized spacial score (nSPS) is 19.2. The fraction of sp³-hybridized carbons (Fsp3) is 0.375. The molecule has 1 aromatic rings. The molecule has 0 spiro atoms. The van der Waals surface area contributed by atoms with Crippen molar-refractivity contribution in [2.45, 2.75) is 31.7 Å². The fourth-order valence-electron chi connectivity index (χ4n) is 2.19. The number of carboxylic acid groups (broad SMARTS) is 1. The summed E-state index contributed by atoms with van der Waals surface area (Å²) in [4.78, 5) is 46.3. The van der Waals surface area contributed by atoms with Crippen LogP contribution in [-0.4, -0.2) is 58.6 Å². The molecule has 1 unspecified atom stereocenters. The molecule has 3 atom stereocenters. The van der Waals surface area contributed by atoms with Crippen molar-refractivity contribution in [2.75, 3.05) is 6.54 Å². The van der Waals surface area contributed by atoms with Crippen molar-refractivity contribution in [2.24, 2.45) is 5.84 Å². The zero-order valence-electron chi connectivity index (χ0n) is 14.0. The van der Waals surface area contributed by atoms with E-state index in [4.69, 9.17) is 15.7 Å². The third-order valence-corrected chi connectivity index (χ3v) is 3.64. The molecule has 2 rings (SSSR count). The highest BCUT2D eigenvalue weighted by Crippen LogP contribution is 2.23. The van der Waals surface area contributed by atoms with Crippen LogP contribution in [0.5, 0.6) is 0 Å². The van der Waals surface area contributed by atoms with Crippen molar-refractivity contribution >= 4 is 23.7 Å². The number of nitrogens with two attached hydrogens (primary N) is 1. The Labute approximate surface area is 149 Å². The van der Waals surface area contributed by atoms with Crippen molar-refractivity contribution in [3.8, 4) is 0 Å². The molecule has 10 heteroatoms. The van der Waals surface area contributed by atoms with Crippen LogP contribution >= 0.6 is 0 Å². The molecule has 5 N–H and O–H groups in total. The summed E-state index contributed by atoms with van der Waals surface area (Å²) in [5.74, 6) is 2.16. The lowest BCUT2D eigenvalue weighted by molar-refractivity contribution is -0.145. The van der Waals surface area contributed by atoms with Gasteiger partial charge in [0.1, 0.15) is 12.6 Å². The average Bonchev–Trinajstić information content (AvgIpc) is 3.40. The molecule has 1 fully saturated rings. The monoisotopic (exact) mass is 364 g/mol. The van der Waals surface area contributed by atoms with Crippen molar-refractivity contribution in [1.82, 2.24) is 15.6 Å². The zero-order chi connectivity index (χ0) is 19.3. The number of benzene rings is 1. The van der Waals surface area contributed by atoms with Gasteiger partial charge in [-0.2, -0.15) is 0 Å². The molecule has 0 aromatic heterocycles. The van der Waals surface area contributed by atoms with Crippen LogP contribution in [0, 0.1) is 0 Å². The van der Waals surface area contributed by atoms with E-state index < -0.39 is 48.5 Å². The van der Waals surface area contributed by atoms with Gasteiger partial charge in [-0.1, -0.05) is 30.3 Å². The molecule has 1 aliphatic rings. The summed E-state index contributed by atoms with van der Waals surface area (Å²) in [5, 5.41) is 14.2. The van der Waals surface area contributed by atoms with E-state index in [0.717, 1.165) is 5.56 Å². The van der Waals surface area contributed by atoms with E-state index in [0.29, 0.717) is 11.6 Å². The van der Waals surface area contributed by atoms with E-state index in [2.05, 4.69) is 10.6 Å². The third kappa shape index (κ3) is 5.26. The van der Waals surface area contributed by atoms with Crippen LogP contribution in [0.4, 0.5) is 0 Å². The number of nitrogens with one attached hydrogen (secondary N) is 2. The third-order valence-electron chi connectivity index (χ3n) is 3.64. The Hall–Kier alpha value is -2.98. The molecular formula is C16H20N4O6. The van der Waals surface area contributed by atoms with Crippen LogP contribution in [0.15, 0.2) is 30.3 Å². The second-order valence-corrected chi connectivity index (χ2v) is 5.77. The molecule has 0 bridgehead atoms. The second kappa shape index (κ2) is 8.41. The molecule has 0 saturated carbocycles. The van der Waals surface area contributed by atoms with E-state index in [1.807, 2.05) is 30.3 Å². The number of ether oxygens (including phenoxy) is 1. The summed E-state index contributed by atoms with van der Waals surface area (Å²) in [6.07, 6.45) is -2.23. The standard InChI is InChI=1S/C16H20N4O6/c1-9(14(23)18-7-10-5-3-2-4-6-10)19-15(24)12-13(26-12)16(25)20(17)8-11(21)22/h2-6,9,12-13H,7-8,17H2,1H3,(H,18,23)(H,19,24)(H,21,22)/t9-,12-,13?/m0/s1. The number of amides is 3. The Morgan fingerprint density at radius 3 is 2.50 bits per heavy atom. The Balaban J connectivity index is 1.76. The molecule has 0 aliphatic carbocycles. The Morgan fingerprint density at radius 1 is 1.23 bits per heavy atom. The molecule has 1 aliphatic heterocycles. The molecule has 10 nitrogen and oxygen atoms in total. The SMILES string of the molecule is C[C@H](NC(=O)[C@H]1OC1C(=O)N(N)CC(=O)O)C(=O)NCc1ccccc1. The summed E-state index contributed by atoms with van der Waals surface area (Å²) >= 11 is 0. The summed E-state index contributed by atoms with van der Waals surface area (Å²) in [6, 6.07) is 8.43. The number of epoxide rings is 1. The van der Waals surface area contributed by atoms with E-state index >= 15 is 0 Å². The van der Waals surface area contributed by atoms with Crippen LogP contribution < -0.4 is 16.5 Å². The Kier molecular flexibility index (Phi) is 6.26. The number of carbonyl (C=O) groups excluding carboxylic acids is 3. The van der Waals surface area contributed by atoms with Gasteiger partial charge in [0, 0.05) is 6.54 Å². The molecular weight excluding hydrogens is 344 g/mol. The zero-order valence-corrected chi connectivity index (χ0v) is 14.0. The molecule has 3 amide bonds. The van der Waals surface area contributed by atoms with Gasteiger partial charge in [-0.3, -0.25) is 24.2 Å². The number of carbonyl (C=O) groups is 4. The quantitative estimate of drug-likeness (QED) is 0.187. The summed E-state index contributed by atoms with van der Waals surface area (Å²) in [5.41, 5.74) is 0.914. The summed E-state index contributed by atoms with van der Waals surface area (Å²) < 4.78 is 4.95. The van der Waals surface area contributed by atoms with Gasteiger partial charge in [-0.15, -0.1) is 0 Å². The predicted octanol–water partition coefficient (Wildman–Crippen LogP) is -1.64. The maximum atomic E-state index is 12.0. The van der Waals surface area contributed by atoms with E-state index in [1.54, 1.807) is 0 Å². The first kappa shape index (κ1) is 19.3. The van der Waals surface area contributed by atoms with Crippen LogP contribution in [0.25, 0.3) is 0 Å². The predicted molar refractivity (Wildman–Crippen MR) is 88.1 cm³/mol. The van der Waals surface area contributed by atoms with Gasteiger partial charge in [0.15, 0.2) is 12.2 Å². The van der Waals surface area contributed by atoms with Gasteiger partial charge in [0.05, 0.1) is 0 Å². The highest BCUT2D eigenvalue weighted by Gasteiger charge is 2.52. The van der Waals surface area contributed by atoms with Crippen LogP contribution in [0.3, 0.4) is 0 Å². The second-order valence-electron chi connectivity index (χ2n) is 5.77. The number of hydrazine groups is 1. The maximum absolute atomic E-state index is 12.0. The topological polar surface area (TPSA) is 154 Å². The van der Waals surface area contributed by atoms with E-state index in [-0.39, 0.29) is 0 Å². The lowest BCUT2D eigenvalue weighted by atomic mass is 10.2. The first-order chi connectivity index (χ1) is 12.3. The molecule has 1 aromatic carbocycles. The van der Waals surface area contributed by atoms with Crippen molar-refractivity contribution in [1.29, 1.82) is 0 Å². The fourth-order valence-corrected chi connectivity index (χ4v) is 2.19. The smallest absolute Gasteiger partial charge is 0.324 e. The van der Waals surface area contributed by atoms with Gasteiger partial charge in [-0.25, -0.2) is 5.84 Å². The molecule has 1 saturated heterocycles. The lowest BCUT2D eigenvalue weighted by Gasteiger charge is -2.14. The summed E-state index contributed by atoms with van der Waals surface area (Å²) in [7, 11) is 0. The van der Waals surface area contributed by atoms with E-state index in [9.17, 15) is 19.2 Å². The molecule has 26 heavy (non-hydrogen) atoms. The van der Waals surface area contributed by atoms with Gasteiger partial charge >= 0.3 is 5.97 Å². The Morgan fingerprint density at radius 2 is 1.88 bits per heavy atom. The summed E-state index contributed by atoms with van der Waals surface area (Å²) in [6.45, 7) is 1.11. The lowest BCUT2D eigenvalue weighted by Crippen LogP contribution is -2.48. The largest absolute Gasteiger partial charge is 0.480 e. The van der Waals surface area contributed by atoms with Crippen LogP contribution in [0.1, 0.15) is 12.5 Å². The Bertz CT molecular complexity index is 695. The van der Waals surface area contributed by atoms with Crippen LogP contribution in [-0.2, 0) is 30.5 Å². The average molecular weight is 364 g/mol. The highest BCUT2D eigenvalue weighted by molar-refractivity contribution is 5.97. The first-order valence-electron chi connectivity index (χ1n) is 7.85. The van der Waals surface area contributed by atoms with Gasteiger partial charge in [0.2, 0.25) is 5.91 Å². The minimum absolute atomic E-state index is 0.318. The van der Waals surface area contributed by atoms with Gasteiger partial charge in [-0.05, 0) is 12.5 Å². The van der Waals surface area contributed by atoms with Crippen molar-refractivity contribution in [3.05, 3.63) is 35.9 Å². The van der Waals surface area contributed by atoms with Crippen molar-refractivity contribution in [3.63, 3.8) is 0 Å². The van der Waals surface area contributed by atoms with Gasteiger partial charge < -0.3 is 20.5 Å². The van der Waals surface area contributed by atoms with Crippen LogP contribution in [0.2, 0.25) is 0 Å². The minimum Gasteiger partial charge on any atom is -0.480 e. The number of rotatable bonds is 8. The van der Waals surface area contributed by atoms with Gasteiger partial charge in [0.25, 0.3) is 11.8 Å². The highest BCUT2D eigenvalue weighted by atomic mass is 16.6. The molecule has 0 radical (unpaired) electrons.